The highest BCUT2D eigenvalue weighted by atomic mass is 16.5. The second-order valence-electron chi connectivity index (χ2n) is 5.10. The molecule has 0 saturated carbocycles. The molecule has 3 aromatic heterocycles. The fourth-order valence-electron chi connectivity index (χ4n) is 2.53. The number of nitrogen functional groups attached to an aromatic ring is 1. The zero-order valence-electron chi connectivity index (χ0n) is 12.5. The number of hydrogen-bond donors (Lipinski definition) is 1. The summed E-state index contributed by atoms with van der Waals surface area (Å²) in [6.45, 7) is 4.56. The van der Waals surface area contributed by atoms with Crippen LogP contribution in [0.2, 0.25) is 0 Å². The van der Waals surface area contributed by atoms with Crippen molar-refractivity contribution < 1.29 is 4.52 Å². The molecule has 0 aliphatic rings. The van der Waals surface area contributed by atoms with E-state index in [1.165, 1.54) is 0 Å². The number of fused-ring (bicyclic) bond motifs is 1. The molecule has 0 unspecified atom stereocenters. The summed E-state index contributed by atoms with van der Waals surface area (Å²) in [6, 6.07) is 0. The number of nitrogens with two attached hydrogens (primary N) is 1. The number of aryl methyl sites for hydroxylation is 5. The fourth-order valence-corrected chi connectivity index (χ4v) is 2.53. The molecule has 8 nitrogen and oxygen atoms in total. The Hall–Kier alpha value is -2.38. The predicted molar refractivity (Wildman–Crippen MR) is 77.6 cm³/mol. The first-order chi connectivity index (χ1) is 10.1. The lowest BCUT2D eigenvalue weighted by Gasteiger charge is -2.04. The molecule has 0 spiro atoms. The predicted octanol–water partition coefficient (Wildman–Crippen LogP) is 1.24. The molecule has 0 aliphatic heterocycles. The maximum absolute atomic E-state index is 6.05. The molecule has 0 fully saturated rings. The number of hydrogen-bond acceptors (Lipinski definition) is 6. The largest absolute Gasteiger partial charge is 0.369 e. The summed E-state index contributed by atoms with van der Waals surface area (Å²) < 4.78 is 8.91. The molecule has 0 atom stereocenters. The van der Waals surface area contributed by atoms with Crippen molar-refractivity contribution in [1.29, 1.82) is 0 Å². The number of aromatic nitrogens is 6. The van der Waals surface area contributed by atoms with E-state index in [-0.39, 0.29) is 0 Å². The molecule has 112 valence electrons. The summed E-state index contributed by atoms with van der Waals surface area (Å²) in [4.78, 5) is 8.66. The van der Waals surface area contributed by atoms with Gasteiger partial charge < -0.3 is 10.3 Å². The van der Waals surface area contributed by atoms with Gasteiger partial charge in [0, 0.05) is 20.0 Å². The van der Waals surface area contributed by atoms with Crippen LogP contribution < -0.4 is 5.73 Å². The van der Waals surface area contributed by atoms with Crippen LogP contribution in [0.1, 0.15) is 30.8 Å². The van der Waals surface area contributed by atoms with Crippen LogP contribution in [0.25, 0.3) is 11.2 Å². The number of anilines is 1. The first-order valence-corrected chi connectivity index (χ1v) is 7.07. The van der Waals surface area contributed by atoms with Crippen LogP contribution in [0.15, 0.2) is 4.52 Å². The van der Waals surface area contributed by atoms with Gasteiger partial charge in [-0.1, -0.05) is 18.5 Å². The lowest BCUT2D eigenvalue weighted by Crippen LogP contribution is -2.09. The monoisotopic (exact) mass is 289 g/mol. The summed E-state index contributed by atoms with van der Waals surface area (Å²) in [6.07, 6.45) is 2.54. The van der Waals surface area contributed by atoms with Gasteiger partial charge in [0.1, 0.15) is 5.52 Å². The van der Waals surface area contributed by atoms with E-state index in [0.29, 0.717) is 30.6 Å². The second kappa shape index (κ2) is 5.19. The van der Waals surface area contributed by atoms with E-state index < -0.39 is 0 Å². The van der Waals surface area contributed by atoms with Crippen LogP contribution in [0.4, 0.5) is 5.95 Å². The van der Waals surface area contributed by atoms with Crippen molar-refractivity contribution in [2.24, 2.45) is 7.05 Å². The Morgan fingerprint density at radius 3 is 2.71 bits per heavy atom. The van der Waals surface area contributed by atoms with Crippen LogP contribution in [0, 0.1) is 6.92 Å². The van der Waals surface area contributed by atoms with E-state index in [0.717, 1.165) is 29.7 Å². The smallest absolute Gasteiger partial charge is 0.228 e. The molecule has 0 saturated heterocycles. The van der Waals surface area contributed by atoms with Gasteiger partial charge in [0.2, 0.25) is 11.8 Å². The minimum Gasteiger partial charge on any atom is -0.369 e. The molecule has 8 heteroatoms. The van der Waals surface area contributed by atoms with Crippen LogP contribution in [-0.2, 0) is 26.4 Å². The average molecular weight is 289 g/mol. The van der Waals surface area contributed by atoms with Crippen LogP contribution in [0.3, 0.4) is 0 Å². The number of rotatable bonds is 5. The third kappa shape index (κ3) is 2.37. The highest BCUT2D eigenvalue weighted by Crippen LogP contribution is 2.22. The molecule has 0 radical (unpaired) electrons. The van der Waals surface area contributed by atoms with E-state index in [1.807, 2.05) is 16.3 Å². The zero-order chi connectivity index (χ0) is 15.0. The molecule has 0 amide bonds. The fraction of sp³-hybridized carbons (Fsp3) is 0.538. The van der Waals surface area contributed by atoms with Gasteiger partial charge in [0.15, 0.2) is 11.5 Å². The summed E-state index contributed by atoms with van der Waals surface area (Å²) in [5.41, 5.74) is 8.86. The SMILES string of the molecule is CCCc1nn(C)c2c1nc(N)n2CCc1nc(C)no1. The van der Waals surface area contributed by atoms with Gasteiger partial charge in [-0.15, -0.1) is 0 Å². The second-order valence-corrected chi connectivity index (χ2v) is 5.10. The molecule has 21 heavy (non-hydrogen) atoms. The highest BCUT2D eigenvalue weighted by molar-refractivity contribution is 5.77. The molecule has 0 aliphatic carbocycles. The maximum Gasteiger partial charge on any atom is 0.228 e. The average Bonchev–Trinajstić information content (AvgIpc) is 3.07. The number of imidazole rings is 1. The lowest BCUT2D eigenvalue weighted by molar-refractivity contribution is 0.369. The molecular weight excluding hydrogens is 270 g/mol. The first kappa shape index (κ1) is 13.6. The van der Waals surface area contributed by atoms with E-state index in [2.05, 4.69) is 27.1 Å². The van der Waals surface area contributed by atoms with Crippen molar-refractivity contribution in [1.82, 2.24) is 29.5 Å². The summed E-state index contributed by atoms with van der Waals surface area (Å²) in [5, 5.41) is 8.31. The summed E-state index contributed by atoms with van der Waals surface area (Å²) >= 11 is 0. The Bertz CT molecular complexity index is 767. The summed E-state index contributed by atoms with van der Waals surface area (Å²) in [5.74, 6) is 1.73. The Labute approximate surface area is 121 Å². The Morgan fingerprint density at radius 2 is 2.05 bits per heavy atom. The van der Waals surface area contributed by atoms with Crippen molar-refractivity contribution in [2.75, 3.05) is 5.73 Å². The van der Waals surface area contributed by atoms with Crippen molar-refractivity contribution in [3.8, 4) is 0 Å². The molecule has 3 rings (SSSR count). The van der Waals surface area contributed by atoms with E-state index in [9.17, 15) is 0 Å². The Morgan fingerprint density at radius 1 is 1.24 bits per heavy atom. The van der Waals surface area contributed by atoms with Gasteiger partial charge in [-0.3, -0.25) is 9.25 Å². The molecule has 3 aromatic rings. The van der Waals surface area contributed by atoms with Gasteiger partial charge in [-0.2, -0.15) is 10.1 Å². The zero-order valence-corrected chi connectivity index (χ0v) is 12.5. The van der Waals surface area contributed by atoms with Crippen molar-refractivity contribution in [3.63, 3.8) is 0 Å². The Balaban J connectivity index is 1.92. The molecular formula is C13H19N7O. The standard InChI is InChI=1S/C13H19N7O/c1-4-5-9-11-12(19(3)17-9)20(13(14)16-11)7-6-10-15-8(2)18-21-10/h4-7H2,1-3H3,(H2,14,16). The maximum atomic E-state index is 6.05. The van der Waals surface area contributed by atoms with Crippen LogP contribution in [-0.4, -0.2) is 29.5 Å². The van der Waals surface area contributed by atoms with E-state index in [4.69, 9.17) is 10.3 Å². The molecule has 0 aromatic carbocycles. The Kier molecular flexibility index (Phi) is 3.36. The lowest BCUT2D eigenvalue weighted by atomic mass is 10.2. The quantitative estimate of drug-likeness (QED) is 0.758. The first-order valence-electron chi connectivity index (χ1n) is 7.07. The van der Waals surface area contributed by atoms with Gasteiger partial charge in [-0.05, 0) is 13.3 Å². The normalized spacial score (nSPS) is 11.6. The molecule has 0 bridgehead atoms. The van der Waals surface area contributed by atoms with Gasteiger partial charge >= 0.3 is 0 Å². The molecule has 3 heterocycles. The van der Waals surface area contributed by atoms with Crippen LogP contribution in [0.5, 0.6) is 0 Å². The van der Waals surface area contributed by atoms with Gasteiger partial charge in [0.25, 0.3) is 0 Å². The minimum absolute atomic E-state index is 0.492. The summed E-state index contributed by atoms with van der Waals surface area (Å²) in [7, 11) is 1.91. The van der Waals surface area contributed by atoms with Crippen molar-refractivity contribution in [2.45, 2.75) is 39.7 Å². The van der Waals surface area contributed by atoms with Crippen molar-refractivity contribution in [3.05, 3.63) is 17.4 Å². The van der Waals surface area contributed by atoms with Crippen LogP contribution >= 0.6 is 0 Å². The van der Waals surface area contributed by atoms with Gasteiger partial charge in [-0.25, -0.2) is 4.98 Å². The van der Waals surface area contributed by atoms with Crippen molar-refractivity contribution >= 4 is 17.1 Å². The molecule has 2 N–H and O–H groups in total. The third-order valence-electron chi connectivity index (χ3n) is 3.43. The number of nitrogens with zero attached hydrogens (tertiary/aromatic N) is 6. The minimum atomic E-state index is 0.492. The third-order valence-corrected chi connectivity index (χ3v) is 3.43. The highest BCUT2D eigenvalue weighted by Gasteiger charge is 2.17. The van der Waals surface area contributed by atoms with Gasteiger partial charge in [0.05, 0.1) is 5.69 Å². The topological polar surface area (TPSA) is 101 Å². The van der Waals surface area contributed by atoms with E-state index >= 15 is 0 Å². The van der Waals surface area contributed by atoms with E-state index in [1.54, 1.807) is 6.92 Å².